The fourth-order valence-electron chi connectivity index (χ4n) is 2.52. The molecule has 0 radical (unpaired) electrons. The monoisotopic (exact) mass is 283 g/mol. The summed E-state index contributed by atoms with van der Waals surface area (Å²) in [4.78, 5) is 14.1. The maximum atomic E-state index is 10.8. The van der Waals surface area contributed by atoms with Crippen molar-refractivity contribution in [3.05, 3.63) is 27.1 Å². The molecule has 1 N–H and O–H groups in total. The fraction of sp³-hybridized carbons (Fsp3) is 0.692. The topological polar surface area (TPSA) is 58.4 Å². The Morgan fingerprint density at radius 1 is 1.47 bits per heavy atom. The van der Waals surface area contributed by atoms with Crippen molar-refractivity contribution in [2.75, 3.05) is 26.2 Å². The van der Waals surface area contributed by atoms with Gasteiger partial charge in [-0.15, -0.1) is 0 Å². The van der Waals surface area contributed by atoms with Crippen molar-refractivity contribution in [2.45, 2.75) is 32.2 Å². The molecule has 6 heteroatoms. The van der Waals surface area contributed by atoms with Crippen molar-refractivity contribution in [3.8, 4) is 0 Å². The molecule has 0 spiro atoms. The number of nitro groups is 1. The van der Waals surface area contributed by atoms with Crippen LogP contribution in [0.4, 0.5) is 5.00 Å². The van der Waals surface area contributed by atoms with E-state index in [4.69, 9.17) is 0 Å². The first kappa shape index (κ1) is 14.4. The molecule has 0 aliphatic carbocycles. The third-order valence-electron chi connectivity index (χ3n) is 3.54. The third-order valence-corrected chi connectivity index (χ3v) is 4.68. The van der Waals surface area contributed by atoms with Gasteiger partial charge in [-0.1, -0.05) is 31.1 Å². The number of rotatable bonds is 6. The first-order chi connectivity index (χ1) is 9.22. The lowest BCUT2D eigenvalue weighted by molar-refractivity contribution is -0.380. The van der Waals surface area contributed by atoms with E-state index < -0.39 is 0 Å². The largest absolute Gasteiger partial charge is 0.324 e. The molecule has 1 saturated heterocycles. The predicted molar refractivity (Wildman–Crippen MR) is 77.7 cm³/mol. The molecule has 2 rings (SSSR count). The van der Waals surface area contributed by atoms with Crippen LogP contribution < -0.4 is 5.32 Å². The van der Waals surface area contributed by atoms with E-state index in [1.807, 2.05) is 6.07 Å². The lowest BCUT2D eigenvalue weighted by Gasteiger charge is -2.34. The summed E-state index contributed by atoms with van der Waals surface area (Å²) in [5, 5.41) is 14.4. The Bertz CT molecular complexity index is 416. The lowest BCUT2D eigenvalue weighted by atomic mass is 10.1. The van der Waals surface area contributed by atoms with Gasteiger partial charge >= 0.3 is 5.00 Å². The van der Waals surface area contributed by atoms with Gasteiger partial charge in [0, 0.05) is 43.2 Å². The number of hydrogen-bond acceptors (Lipinski definition) is 5. The summed E-state index contributed by atoms with van der Waals surface area (Å²) in [5.74, 6) is 0. The molecule has 0 unspecified atom stereocenters. The van der Waals surface area contributed by atoms with E-state index in [1.165, 1.54) is 17.8 Å². The summed E-state index contributed by atoms with van der Waals surface area (Å²) in [6.07, 6.45) is 3.42. The summed E-state index contributed by atoms with van der Waals surface area (Å²) in [7, 11) is 0. The SMILES string of the molecule is CCCC[C@@H](c1ccc([N+](=O)[O-])s1)N1CCNCC1. The van der Waals surface area contributed by atoms with Crippen LogP contribution in [0, 0.1) is 10.1 Å². The molecule has 0 aromatic carbocycles. The number of hydrogen-bond donors (Lipinski definition) is 1. The molecule has 5 nitrogen and oxygen atoms in total. The van der Waals surface area contributed by atoms with E-state index in [9.17, 15) is 10.1 Å². The first-order valence-corrected chi connectivity index (χ1v) is 7.73. The number of nitrogens with zero attached hydrogens (tertiary/aromatic N) is 2. The molecule has 1 aromatic rings. The van der Waals surface area contributed by atoms with Gasteiger partial charge in [-0.2, -0.15) is 0 Å². The summed E-state index contributed by atoms with van der Waals surface area (Å²) >= 11 is 1.33. The zero-order chi connectivity index (χ0) is 13.7. The van der Waals surface area contributed by atoms with Gasteiger partial charge in [0.25, 0.3) is 0 Å². The smallest absolute Gasteiger partial charge is 0.314 e. The Kier molecular flexibility index (Phi) is 5.30. The van der Waals surface area contributed by atoms with Gasteiger partial charge < -0.3 is 5.32 Å². The minimum Gasteiger partial charge on any atom is -0.314 e. The van der Waals surface area contributed by atoms with Crippen molar-refractivity contribution in [2.24, 2.45) is 0 Å². The Balaban J connectivity index is 2.12. The van der Waals surface area contributed by atoms with Gasteiger partial charge in [-0.25, -0.2) is 0 Å². The Morgan fingerprint density at radius 2 is 2.21 bits per heavy atom. The second-order valence-electron chi connectivity index (χ2n) is 4.88. The minimum absolute atomic E-state index is 0.256. The second-order valence-corrected chi connectivity index (χ2v) is 5.97. The van der Waals surface area contributed by atoms with Crippen molar-refractivity contribution in [3.63, 3.8) is 0 Å². The van der Waals surface area contributed by atoms with Gasteiger partial charge in [-0.05, 0) is 12.5 Å². The standard InChI is InChI=1S/C13H21N3O2S/c1-2-3-4-11(15-9-7-14-8-10-15)12-5-6-13(19-12)16(17)18/h5-6,11,14H,2-4,7-10H2,1H3/t11-/m0/s1. The van der Waals surface area contributed by atoms with E-state index in [1.54, 1.807) is 6.07 Å². The molecule has 0 bridgehead atoms. The Labute approximate surface area is 117 Å². The van der Waals surface area contributed by atoms with Gasteiger partial charge in [0.05, 0.1) is 4.92 Å². The number of unbranched alkanes of at least 4 members (excludes halogenated alkanes) is 1. The third kappa shape index (κ3) is 3.75. The Hall–Kier alpha value is -0.980. The highest BCUT2D eigenvalue weighted by Gasteiger charge is 2.24. The maximum absolute atomic E-state index is 10.8. The molecule has 2 heterocycles. The molecule has 0 saturated carbocycles. The number of piperazine rings is 1. The van der Waals surface area contributed by atoms with Gasteiger partial charge in [0.15, 0.2) is 0 Å². The molecular formula is C13H21N3O2S. The molecule has 1 aromatic heterocycles. The van der Waals surface area contributed by atoms with Crippen LogP contribution in [0.1, 0.15) is 37.1 Å². The van der Waals surface area contributed by atoms with Crippen molar-refractivity contribution in [1.29, 1.82) is 0 Å². The average molecular weight is 283 g/mol. The molecule has 106 valence electrons. The zero-order valence-electron chi connectivity index (χ0n) is 11.3. The molecule has 1 fully saturated rings. The minimum atomic E-state index is -0.289. The van der Waals surface area contributed by atoms with Gasteiger partial charge in [0.1, 0.15) is 0 Å². The highest BCUT2D eigenvalue weighted by molar-refractivity contribution is 7.15. The molecule has 1 aliphatic heterocycles. The number of thiophene rings is 1. The van der Waals surface area contributed by atoms with E-state index >= 15 is 0 Å². The molecule has 19 heavy (non-hydrogen) atoms. The highest BCUT2D eigenvalue weighted by Crippen LogP contribution is 2.35. The van der Waals surface area contributed by atoms with Gasteiger partial charge in [-0.3, -0.25) is 15.0 Å². The number of nitrogens with one attached hydrogen (secondary N) is 1. The summed E-state index contributed by atoms with van der Waals surface area (Å²) in [6, 6.07) is 3.92. The normalized spacial score (nSPS) is 18.4. The summed E-state index contributed by atoms with van der Waals surface area (Å²) < 4.78 is 0. The summed E-state index contributed by atoms with van der Waals surface area (Å²) in [5.41, 5.74) is 0. The van der Waals surface area contributed by atoms with Crippen LogP contribution in [0.2, 0.25) is 0 Å². The first-order valence-electron chi connectivity index (χ1n) is 6.91. The van der Waals surface area contributed by atoms with E-state index in [0.29, 0.717) is 6.04 Å². The highest BCUT2D eigenvalue weighted by atomic mass is 32.1. The van der Waals surface area contributed by atoms with Crippen LogP contribution in [-0.2, 0) is 0 Å². The average Bonchev–Trinajstić information content (AvgIpc) is 2.90. The van der Waals surface area contributed by atoms with Crippen LogP contribution in [-0.4, -0.2) is 36.0 Å². The van der Waals surface area contributed by atoms with Gasteiger partial charge in [0.2, 0.25) is 0 Å². The zero-order valence-corrected chi connectivity index (χ0v) is 12.1. The quantitative estimate of drug-likeness (QED) is 0.644. The molecular weight excluding hydrogens is 262 g/mol. The lowest BCUT2D eigenvalue weighted by Crippen LogP contribution is -2.45. The Morgan fingerprint density at radius 3 is 2.79 bits per heavy atom. The van der Waals surface area contributed by atoms with Crippen molar-refractivity contribution in [1.82, 2.24) is 10.2 Å². The summed E-state index contributed by atoms with van der Waals surface area (Å²) in [6.45, 7) is 6.26. The van der Waals surface area contributed by atoms with E-state index in [0.717, 1.165) is 43.9 Å². The second kappa shape index (κ2) is 6.98. The van der Waals surface area contributed by atoms with Crippen molar-refractivity contribution >= 4 is 16.3 Å². The van der Waals surface area contributed by atoms with Crippen LogP contribution >= 0.6 is 11.3 Å². The fourth-order valence-corrected chi connectivity index (χ4v) is 3.51. The van der Waals surface area contributed by atoms with Crippen LogP contribution in [0.3, 0.4) is 0 Å². The maximum Gasteiger partial charge on any atom is 0.324 e. The molecule has 1 aliphatic rings. The van der Waals surface area contributed by atoms with Crippen LogP contribution in [0.25, 0.3) is 0 Å². The molecule has 0 amide bonds. The predicted octanol–water partition coefficient (Wildman–Crippen LogP) is 2.79. The van der Waals surface area contributed by atoms with E-state index in [-0.39, 0.29) is 9.92 Å². The van der Waals surface area contributed by atoms with E-state index in [2.05, 4.69) is 17.1 Å². The van der Waals surface area contributed by atoms with Crippen molar-refractivity contribution < 1.29 is 4.92 Å². The van der Waals surface area contributed by atoms with Crippen LogP contribution in [0.5, 0.6) is 0 Å². The van der Waals surface area contributed by atoms with Crippen LogP contribution in [0.15, 0.2) is 12.1 Å². The molecule has 1 atom stereocenters.